The Balaban J connectivity index is 2.44. The van der Waals surface area contributed by atoms with Crippen LogP contribution in [-0.2, 0) is 22.5 Å². The Hall–Kier alpha value is -0.450. The van der Waals surface area contributed by atoms with Crippen LogP contribution in [0.1, 0.15) is 38.6 Å². The quantitative estimate of drug-likeness (QED) is 0.732. The van der Waals surface area contributed by atoms with Crippen molar-refractivity contribution < 1.29 is 9.47 Å². The van der Waals surface area contributed by atoms with E-state index in [4.69, 9.17) is 9.47 Å². The van der Waals surface area contributed by atoms with Crippen LogP contribution >= 0.6 is 15.9 Å². The predicted molar refractivity (Wildman–Crippen MR) is 76.7 cm³/mol. The molecule has 1 rings (SSSR count). The molecule has 0 aromatic carbocycles. The number of aromatic nitrogens is 1. The fourth-order valence-electron chi connectivity index (χ4n) is 1.68. The zero-order chi connectivity index (χ0) is 13.4. The molecule has 0 aliphatic rings. The Morgan fingerprint density at radius 2 is 2.11 bits per heavy atom. The number of hydrogen-bond donors (Lipinski definition) is 0. The summed E-state index contributed by atoms with van der Waals surface area (Å²) in [5.74, 6) is 0. The highest BCUT2D eigenvalue weighted by atomic mass is 79.9. The Kier molecular flexibility index (Phi) is 7.47. The van der Waals surface area contributed by atoms with Crippen LogP contribution in [0.25, 0.3) is 0 Å². The van der Waals surface area contributed by atoms with E-state index in [1.54, 1.807) is 0 Å². The van der Waals surface area contributed by atoms with E-state index in [1.807, 2.05) is 26.0 Å². The van der Waals surface area contributed by atoms with Gasteiger partial charge >= 0.3 is 0 Å². The molecular weight excluding hydrogens is 294 g/mol. The van der Waals surface area contributed by atoms with E-state index in [-0.39, 0.29) is 6.10 Å². The highest BCUT2D eigenvalue weighted by Crippen LogP contribution is 2.17. The van der Waals surface area contributed by atoms with Gasteiger partial charge in [0, 0.05) is 11.1 Å². The summed E-state index contributed by atoms with van der Waals surface area (Å²) in [6.45, 7) is 8.03. The second-order valence-corrected chi connectivity index (χ2v) is 5.12. The minimum Gasteiger partial charge on any atom is -0.376 e. The highest BCUT2D eigenvalue weighted by Gasteiger charge is 2.05. The van der Waals surface area contributed by atoms with Gasteiger partial charge < -0.3 is 9.47 Å². The SMILES string of the molecule is CCCc1nc(COCC(C)OCC)ccc1Br. The Morgan fingerprint density at radius 1 is 1.33 bits per heavy atom. The summed E-state index contributed by atoms with van der Waals surface area (Å²) in [6.07, 6.45) is 2.22. The molecule has 0 saturated heterocycles. The fraction of sp³-hybridized carbons (Fsp3) is 0.643. The first-order valence-electron chi connectivity index (χ1n) is 6.51. The van der Waals surface area contributed by atoms with Crippen molar-refractivity contribution in [3.05, 3.63) is 28.0 Å². The van der Waals surface area contributed by atoms with Gasteiger partial charge in [-0.2, -0.15) is 0 Å². The number of pyridine rings is 1. The van der Waals surface area contributed by atoms with E-state index in [0.29, 0.717) is 13.2 Å². The molecule has 1 unspecified atom stereocenters. The molecule has 0 bridgehead atoms. The van der Waals surface area contributed by atoms with E-state index in [0.717, 1.165) is 35.3 Å². The van der Waals surface area contributed by atoms with Crippen molar-refractivity contribution in [2.24, 2.45) is 0 Å². The monoisotopic (exact) mass is 315 g/mol. The molecule has 0 spiro atoms. The lowest BCUT2D eigenvalue weighted by Crippen LogP contribution is -2.16. The number of ether oxygens (including phenoxy) is 2. The normalized spacial score (nSPS) is 12.7. The standard InChI is InChI=1S/C14H22BrNO2/c1-4-6-14-13(15)8-7-12(16-14)10-17-9-11(3)18-5-2/h7-8,11H,4-6,9-10H2,1-3H3. The summed E-state index contributed by atoms with van der Waals surface area (Å²) < 4.78 is 12.1. The molecule has 1 atom stereocenters. The predicted octanol–water partition coefficient (Wildman–Crippen LogP) is 3.74. The zero-order valence-electron chi connectivity index (χ0n) is 11.4. The summed E-state index contributed by atoms with van der Waals surface area (Å²) in [5, 5.41) is 0. The zero-order valence-corrected chi connectivity index (χ0v) is 13.0. The summed E-state index contributed by atoms with van der Waals surface area (Å²) in [7, 11) is 0. The molecule has 0 fully saturated rings. The van der Waals surface area contributed by atoms with Gasteiger partial charge in [-0.15, -0.1) is 0 Å². The van der Waals surface area contributed by atoms with Crippen LogP contribution in [0.5, 0.6) is 0 Å². The van der Waals surface area contributed by atoms with Crippen LogP contribution in [0.4, 0.5) is 0 Å². The molecule has 102 valence electrons. The van der Waals surface area contributed by atoms with Crippen molar-refractivity contribution in [3.63, 3.8) is 0 Å². The molecular formula is C14H22BrNO2. The molecule has 0 radical (unpaired) electrons. The van der Waals surface area contributed by atoms with Gasteiger partial charge in [-0.3, -0.25) is 4.98 Å². The first kappa shape index (κ1) is 15.6. The third kappa shape index (κ3) is 5.46. The van der Waals surface area contributed by atoms with Crippen molar-refractivity contribution >= 4 is 15.9 Å². The molecule has 3 nitrogen and oxygen atoms in total. The maximum Gasteiger partial charge on any atom is 0.0889 e. The minimum atomic E-state index is 0.139. The van der Waals surface area contributed by atoms with Gasteiger partial charge in [-0.25, -0.2) is 0 Å². The van der Waals surface area contributed by atoms with Gasteiger partial charge in [-0.05, 0) is 48.3 Å². The van der Waals surface area contributed by atoms with Gasteiger partial charge in [0.25, 0.3) is 0 Å². The van der Waals surface area contributed by atoms with E-state index in [2.05, 4.69) is 27.8 Å². The average molecular weight is 316 g/mol. The van der Waals surface area contributed by atoms with E-state index >= 15 is 0 Å². The number of aryl methyl sites for hydroxylation is 1. The van der Waals surface area contributed by atoms with Gasteiger partial charge in [0.2, 0.25) is 0 Å². The Labute approximate surface area is 118 Å². The second kappa shape index (κ2) is 8.62. The van der Waals surface area contributed by atoms with Crippen molar-refractivity contribution in [1.29, 1.82) is 0 Å². The van der Waals surface area contributed by atoms with Crippen LogP contribution in [0, 0.1) is 0 Å². The molecule has 1 aromatic rings. The van der Waals surface area contributed by atoms with Gasteiger partial charge in [0.05, 0.1) is 30.7 Å². The van der Waals surface area contributed by atoms with Crippen molar-refractivity contribution in [2.45, 2.75) is 46.3 Å². The topological polar surface area (TPSA) is 31.4 Å². The number of rotatable bonds is 8. The minimum absolute atomic E-state index is 0.139. The molecule has 1 heterocycles. The number of hydrogen-bond acceptors (Lipinski definition) is 3. The molecule has 0 amide bonds. The Morgan fingerprint density at radius 3 is 2.78 bits per heavy atom. The molecule has 4 heteroatoms. The second-order valence-electron chi connectivity index (χ2n) is 4.26. The average Bonchev–Trinajstić information content (AvgIpc) is 2.34. The maximum absolute atomic E-state index is 5.60. The lowest BCUT2D eigenvalue weighted by Gasteiger charge is -2.12. The third-order valence-electron chi connectivity index (χ3n) is 2.52. The van der Waals surface area contributed by atoms with E-state index in [9.17, 15) is 0 Å². The molecule has 0 N–H and O–H groups in total. The van der Waals surface area contributed by atoms with Crippen LogP contribution in [0.3, 0.4) is 0 Å². The lowest BCUT2D eigenvalue weighted by molar-refractivity contribution is -0.00791. The van der Waals surface area contributed by atoms with Crippen molar-refractivity contribution in [1.82, 2.24) is 4.98 Å². The lowest BCUT2D eigenvalue weighted by atomic mass is 10.2. The van der Waals surface area contributed by atoms with E-state index in [1.165, 1.54) is 0 Å². The Bertz CT molecular complexity index is 358. The van der Waals surface area contributed by atoms with Gasteiger partial charge in [0.1, 0.15) is 0 Å². The van der Waals surface area contributed by atoms with Crippen LogP contribution in [-0.4, -0.2) is 24.3 Å². The molecule has 0 aliphatic carbocycles. The smallest absolute Gasteiger partial charge is 0.0889 e. The third-order valence-corrected chi connectivity index (χ3v) is 3.24. The number of nitrogens with zero attached hydrogens (tertiary/aromatic N) is 1. The maximum atomic E-state index is 5.60. The van der Waals surface area contributed by atoms with Gasteiger partial charge in [0.15, 0.2) is 0 Å². The molecule has 0 saturated carbocycles. The van der Waals surface area contributed by atoms with Crippen molar-refractivity contribution in [3.8, 4) is 0 Å². The molecule has 1 aromatic heterocycles. The molecule has 18 heavy (non-hydrogen) atoms. The summed E-state index contributed by atoms with van der Waals surface area (Å²) >= 11 is 3.52. The largest absolute Gasteiger partial charge is 0.376 e. The van der Waals surface area contributed by atoms with E-state index < -0.39 is 0 Å². The summed E-state index contributed by atoms with van der Waals surface area (Å²) in [5.41, 5.74) is 2.09. The fourth-order valence-corrected chi connectivity index (χ4v) is 2.10. The van der Waals surface area contributed by atoms with Gasteiger partial charge in [-0.1, -0.05) is 13.3 Å². The first-order chi connectivity index (χ1) is 8.67. The van der Waals surface area contributed by atoms with Crippen LogP contribution in [0.15, 0.2) is 16.6 Å². The van der Waals surface area contributed by atoms with Crippen LogP contribution in [0.2, 0.25) is 0 Å². The highest BCUT2D eigenvalue weighted by molar-refractivity contribution is 9.10. The summed E-state index contributed by atoms with van der Waals surface area (Å²) in [6, 6.07) is 4.04. The van der Waals surface area contributed by atoms with Crippen molar-refractivity contribution in [2.75, 3.05) is 13.2 Å². The first-order valence-corrected chi connectivity index (χ1v) is 7.30. The number of halogens is 1. The van der Waals surface area contributed by atoms with Crippen LogP contribution < -0.4 is 0 Å². The molecule has 0 aliphatic heterocycles. The summed E-state index contributed by atoms with van der Waals surface area (Å²) in [4.78, 5) is 4.59.